The zero-order valence-electron chi connectivity index (χ0n) is 8.78. The molecule has 0 radical (unpaired) electrons. The number of hydrogen-bond acceptors (Lipinski definition) is 3. The lowest BCUT2D eigenvalue weighted by Crippen LogP contribution is -2.00. The second-order valence-corrected chi connectivity index (χ2v) is 3.26. The summed E-state index contributed by atoms with van der Waals surface area (Å²) in [5.74, 6) is 0.595. The Morgan fingerprint density at radius 3 is 2.44 bits per heavy atom. The summed E-state index contributed by atoms with van der Waals surface area (Å²) in [6, 6.07) is 7.10. The first-order valence-electron chi connectivity index (χ1n) is 4.95. The lowest BCUT2D eigenvalue weighted by atomic mass is 10.1. The highest BCUT2D eigenvalue weighted by Gasteiger charge is 2.07. The maximum absolute atomic E-state index is 11.0. The third-order valence-electron chi connectivity index (χ3n) is 2.16. The van der Waals surface area contributed by atoms with Crippen LogP contribution >= 0.6 is 0 Å². The summed E-state index contributed by atoms with van der Waals surface area (Å²) in [6.45, 7) is 2.51. The van der Waals surface area contributed by atoms with E-state index in [1.54, 1.807) is 24.3 Å². The van der Waals surface area contributed by atoms with Crippen LogP contribution in [0.15, 0.2) is 29.1 Å². The molecule has 2 aromatic rings. The van der Waals surface area contributed by atoms with Gasteiger partial charge in [0, 0.05) is 5.56 Å². The summed E-state index contributed by atoms with van der Waals surface area (Å²) in [5, 5.41) is 9.44. The summed E-state index contributed by atoms with van der Waals surface area (Å²) >= 11 is 0. The standard InChI is InChI=1S/C11H12N2O3/c1-2-16-8-5-3-7(4-6-8)9-10(14)13-11(15)12-9/h3-6,14H,2H2,1H3,(H2,12,13,15). The number of aromatic hydroxyl groups is 1. The van der Waals surface area contributed by atoms with Crippen molar-refractivity contribution in [1.29, 1.82) is 0 Å². The number of hydrogen-bond donors (Lipinski definition) is 3. The number of H-pyrrole nitrogens is 2. The van der Waals surface area contributed by atoms with Gasteiger partial charge in [-0.05, 0) is 31.2 Å². The van der Waals surface area contributed by atoms with Crippen molar-refractivity contribution in [3.63, 3.8) is 0 Å². The van der Waals surface area contributed by atoms with Crippen LogP contribution < -0.4 is 10.4 Å². The predicted molar refractivity (Wildman–Crippen MR) is 59.7 cm³/mol. The van der Waals surface area contributed by atoms with Gasteiger partial charge in [0.25, 0.3) is 0 Å². The minimum absolute atomic E-state index is 0.158. The van der Waals surface area contributed by atoms with Crippen molar-refractivity contribution in [2.75, 3.05) is 6.61 Å². The summed E-state index contributed by atoms with van der Waals surface area (Å²) < 4.78 is 5.29. The summed E-state index contributed by atoms with van der Waals surface area (Å²) in [4.78, 5) is 15.7. The first-order valence-corrected chi connectivity index (χ1v) is 4.95. The van der Waals surface area contributed by atoms with Crippen molar-refractivity contribution in [3.05, 3.63) is 34.7 Å². The van der Waals surface area contributed by atoms with E-state index in [0.29, 0.717) is 12.3 Å². The highest BCUT2D eigenvalue weighted by atomic mass is 16.5. The molecule has 0 spiro atoms. The van der Waals surface area contributed by atoms with E-state index in [9.17, 15) is 9.90 Å². The Labute approximate surface area is 91.7 Å². The molecule has 5 heteroatoms. The average Bonchev–Trinajstić information content (AvgIpc) is 2.59. The Bertz CT molecular complexity index is 525. The van der Waals surface area contributed by atoms with Gasteiger partial charge in [-0.1, -0.05) is 0 Å². The molecule has 0 saturated heterocycles. The topological polar surface area (TPSA) is 78.1 Å². The van der Waals surface area contributed by atoms with Gasteiger partial charge in [-0.3, -0.25) is 4.98 Å². The maximum Gasteiger partial charge on any atom is 0.326 e. The number of aromatic amines is 2. The first-order chi connectivity index (χ1) is 7.70. The molecule has 0 aliphatic carbocycles. The fourth-order valence-electron chi connectivity index (χ4n) is 1.47. The molecular weight excluding hydrogens is 208 g/mol. The summed E-state index contributed by atoms with van der Waals surface area (Å²) in [5.41, 5.74) is 0.675. The van der Waals surface area contributed by atoms with Gasteiger partial charge in [-0.25, -0.2) is 4.79 Å². The Morgan fingerprint density at radius 2 is 1.94 bits per heavy atom. The van der Waals surface area contributed by atoms with E-state index in [2.05, 4.69) is 9.97 Å². The van der Waals surface area contributed by atoms with Gasteiger partial charge in [-0.15, -0.1) is 0 Å². The van der Waals surface area contributed by atoms with E-state index in [-0.39, 0.29) is 5.88 Å². The summed E-state index contributed by atoms with van der Waals surface area (Å²) in [6.07, 6.45) is 0. The molecule has 1 aromatic carbocycles. The number of imidazole rings is 1. The normalized spacial score (nSPS) is 10.3. The molecule has 1 heterocycles. The van der Waals surface area contributed by atoms with Crippen molar-refractivity contribution >= 4 is 0 Å². The molecule has 5 nitrogen and oxygen atoms in total. The first kappa shape index (κ1) is 10.4. The van der Waals surface area contributed by atoms with E-state index in [1.165, 1.54) is 0 Å². The van der Waals surface area contributed by atoms with Crippen LogP contribution in [0.3, 0.4) is 0 Å². The monoisotopic (exact) mass is 220 g/mol. The molecule has 0 aliphatic heterocycles. The van der Waals surface area contributed by atoms with Crippen molar-refractivity contribution in [3.8, 4) is 22.9 Å². The Hall–Kier alpha value is -2.17. The molecule has 0 bridgehead atoms. The molecule has 0 fully saturated rings. The van der Waals surface area contributed by atoms with Crippen molar-refractivity contribution in [1.82, 2.24) is 9.97 Å². The van der Waals surface area contributed by atoms with Crippen molar-refractivity contribution in [2.45, 2.75) is 6.92 Å². The van der Waals surface area contributed by atoms with Crippen LogP contribution in [0, 0.1) is 0 Å². The lowest BCUT2D eigenvalue weighted by Gasteiger charge is -2.03. The van der Waals surface area contributed by atoms with Gasteiger partial charge in [0.15, 0.2) is 0 Å². The molecule has 1 aromatic heterocycles. The third-order valence-corrected chi connectivity index (χ3v) is 2.16. The molecule has 0 amide bonds. The highest BCUT2D eigenvalue weighted by Crippen LogP contribution is 2.25. The minimum atomic E-state index is -0.429. The quantitative estimate of drug-likeness (QED) is 0.733. The number of rotatable bonds is 3. The van der Waals surface area contributed by atoms with Crippen LogP contribution in [0.2, 0.25) is 0 Å². The summed E-state index contributed by atoms with van der Waals surface area (Å²) in [7, 11) is 0. The van der Waals surface area contributed by atoms with E-state index in [1.807, 2.05) is 6.92 Å². The zero-order chi connectivity index (χ0) is 11.5. The number of ether oxygens (including phenoxy) is 1. The Balaban J connectivity index is 2.34. The van der Waals surface area contributed by atoms with Gasteiger partial charge >= 0.3 is 5.69 Å². The second-order valence-electron chi connectivity index (χ2n) is 3.26. The average molecular weight is 220 g/mol. The van der Waals surface area contributed by atoms with Crippen LogP contribution in [-0.2, 0) is 0 Å². The smallest absolute Gasteiger partial charge is 0.326 e. The van der Waals surface area contributed by atoms with Crippen molar-refractivity contribution in [2.24, 2.45) is 0 Å². The van der Waals surface area contributed by atoms with Gasteiger partial charge in [0.05, 0.1) is 6.61 Å². The molecule has 3 N–H and O–H groups in total. The van der Waals surface area contributed by atoms with Crippen LogP contribution in [0.1, 0.15) is 6.92 Å². The molecule has 0 unspecified atom stereocenters. The van der Waals surface area contributed by atoms with Crippen LogP contribution in [-0.4, -0.2) is 21.7 Å². The third kappa shape index (κ3) is 1.93. The van der Waals surface area contributed by atoms with Crippen LogP contribution in [0.5, 0.6) is 11.6 Å². The van der Waals surface area contributed by atoms with Crippen LogP contribution in [0.25, 0.3) is 11.3 Å². The second kappa shape index (κ2) is 4.14. The molecule has 2 rings (SSSR count). The number of benzene rings is 1. The van der Waals surface area contributed by atoms with Gasteiger partial charge in [0.1, 0.15) is 11.4 Å². The fourth-order valence-corrected chi connectivity index (χ4v) is 1.47. The zero-order valence-corrected chi connectivity index (χ0v) is 8.78. The molecule has 0 saturated carbocycles. The van der Waals surface area contributed by atoms with E-state index >= 15 is 0 Å². The maximum atomic E-state index is 11.0. The van der Waals surface area contributed by atoms with E-state index in [0.717, 1.165) is 11.3 Å². The largest absolute Gasteiger partial charge is 0.494 e. The highest BCUT2D eigenvalue weighted by molar-refractivity contribution is 5.64. The van der Waals surface area contributed by atoms with Gasteiger partial charge < -0.3 is 14.8 Å². The number of nitrogens with one attached hydrogen (secondary N) is 2. The van der Waals surface area contributed by atoms with Crippen LogP contribution in [0.4, 0.5) is 0 Å². The van der Waals surface area contributed by atoms with Gasteiger partial charge in [0.2, 0.25) is 5.88 Å². The molecule has 84 valence electrons. The molecule has 0 atom stereocenters. The Kier molecular flexibility index (Phi) is 2.68. The number of aromatic nitrogens is 2. The predicted octanol–water partition coefficient (Wildman–Crippen LogP) is 1.47. The van der Waals surface area contributed by atoms with E-state index < -0.39 is 5.69 Å². The molecule has 0 aliphatic rings. The molecular formula is C11H12N2O3. The van der Waals surface area contributed by atoms with Crippen molar-refractivity contribution < 1.29 is 9.84 Å². The lowest BCUT2D eigenvalue weighted by molar-refractivity contribution is 0.340. The van der Waals surface area contributed by atoms with E-state index in [4.69, 9.17) is 4.74 Å². The SMILES string of the molecule is CCOc1ccc(-c2[nH]c(=O)[nH]c2O)cc1. The minimum Gasteiger partial charge on any atom is -0.494 e. The van der Waals surface area contributed by atoms with Gasteiger partial charge in [-0.2, -0.15) is 0 Å². The molecule has 16 heavy (non-hydrogen) atoms. The Morgan fingerprint density at radius 1 is 1.25 bits per heavy atom. The fraction of sp³-hybridized carbons (Fsp3) is 0.182.